The lowest BCUT2D eigenvalue weighted by molar-refractivity contribution is -0.118. The molecule has 6 heteroatoms. The van der Waals surface area contributed by atoms with Gasteiger partial charge in [0.25, 0.3) is 0 Å². The number of carboxylic acid groups (broad SMARTS) is 1. The molecule has 0 aliphatic carbocycles. The Bertz CT molecular complexity index is 418. The second kappa shape index (κ2) is 7.00. The number of pyridine rings is 1. The van der Waals surface area contributed by atoms with Gasteiger partial charge in [-0.05, 0) is 16.9 Å². The second-order valence-corrected chi connectivity index (χ2v) is 5.56. The van der Waals surface area contributed by atoms with Gasteiger partial charge in [-0.15, -0.1) is 11.8 Å². The third kappa shape index (κ3) is 5.18. The van der Waals surface area contributed by atoms with Gasteiger partial charge in [0.05, 0.1) is 5.75 Å². The summed E-state index contributed by atoms with van der Waals surface area (Å²) in [5.41, 5.74) is 0.781. The molecule has 0 unspecified atom stereocenters. The van der Waals surface area contributed by atoms with Crippen molar-refractivity contribution >= 4 is 23.6 Å². The number of carbonyl (C=O) groups is 2. The van der Waals surface area contributed by atoms with E-state index in [-0.39, 0.29) is 11.6 Å². The van der Waals surface area contributed by atoms with E-state index in [2.05, 4.69) is 10.3 Å². The molecule has 0 fully saturated rings. The van der Waals surface area contributed by atoms with Crippen LogP contribution in [0.3, 0.4) is 0 Å². The minimum Gasteiger partial charge on any atom is -0.477 e. The van der Waals surface area contributed by atoms with Crippen LogP contribution in [0, 0.1) is 0 Å². The van der Waals surface area contributed by atoms with E-state index in [0.717, 1.165) is 5.56 Å². The minimum absolute atomic E-state index is 0.000407. The summed E-state index contributed by atoms with van der Waals surface area (Å²) in [6, 6.07) is 3.07. The topological polar surface area (TPSA) is 79.3 Å². The standard InChI is InChI=1S/C12H16N2O3S/c1-8(2)18-7-11(15)14-6-9-3-4-10(12(16)17)13-5-9/h3-5,8H,6-7H2,1-2H3,(H,14,15)(H,16,17). The molecule has 2 N–H and O–H groups in total. The van der Waals surface area contributed by atoms with Crippen molar-refractivity contribution in [3.8, 4) is 0 Å². The molecule has 1 rings (SSSR count). The highest BCUT2D eigenvalue weighted by atomic mass is 32.2. The van der Waals surface area contributed by atoms with Gasteiger partial charge in [0.2, 0.25) is 5.91 Å². The Hall–Kier alpha value is -1.56. The van der Waals surface area contributed by atoms with E-state index in [9.17, 15) is 9.59 Å². The Morgan fingerprint density at radius 2 is 2.17 bits per heavy atom. The number of hydrogen-bond acceptors (Lipinski definition) is 4. The number of aromatic nitrogens is 1. The minimum atomic E-state index is -1.06. The molecule has 1 amide bonds. The molecule has 0 aromatic carbocycles. The van der Waals surface area contributed by atoms with Gasteiger partial charge in [-0.2, -0.15) is 0 Å². The lowest BCUT2D eigenvalue weighted by atomic mass is 10.2. The van der Waals surface area contributed by atoms with E-state index in [4.69, 9.17) is 5.11 Å². The van der Waals surface area contributed by atoms with Crippen molar-refractivity contribution in [2.45, 2.75) is 25.6 Å². The van der Waals surface area contributed by atoms with Gasteiger partial charge in [-0.3, -0.25) is 4.79 Å². The van der Waals surface area contributed by atoms with Crippen molar-refractivity contribution in [2.24, 2.45) is 0 Å². The first kappa shape index (κ1) is 14.5. The summed E-state index contributed by atoms with van der Waals surface area (Å²) in [6.45, 7) is 4.43. The smallest absolute Gasteiger partial charge is 0.354 e. The fourth-order valence-corrected chi connectivity index (χ4v) is 1.74. The molecule has 18 heavy (non-hydrogen) atoms. The maximum absolute atomic E-state index is 11.4. The largest absolute Gasteiger partial charge is 0.477 e. The van der Waals surface area contributed by atoms with Crippen molar-refractivity contribution in [1.82, 2.24) is 10.3 Å². The molecular formula is C12H16N2O3S. The zero-order chi connectivity index (χ0) is 13.5. The number of nitrogens with one attached hydrogen (secondary N) is 1. The highest BCUT2D eigenvalue weighted by Gasteiger charge is 2.05. The van der Waals surface area contributed by atoms with Crippen molar-refractivity contribution < 1.29 is 14.7 Å². The van der Waals surface area contributed by atoms with Gasteiger partial charge >= 0.3 is 5.97 Å². The van der Waals surface area contributed by atoms with Gasteiger partial charge in [0, 0.05) is 12.7 Å². The van der Waals surface area contributed by atoms with Crippen LogP contribution in [0.15, 0.2) is 18.3 Å². The molecule has 5 nitrogen and oxygen atoms in total. The van der Waals surface area contributed by atoms with Gasteiger partial charge in [0.15, 0.2) is 0 Å². The first-order valence-corrected chi connectivity index (χ1v) is 6.60. The molecule has 0 saturated heterocycles. The third-order valence-electron chi connectivity index (χ3n) is 2.08. The van der Waals surface area contributed by atoms with Gasteiger partial charge in [-0.25, -0.2) is 9.78 Å². The van der Waals surface area contributed by atoms with Crippen LogP contribution in [0.1, 0.15) is 29.9 Å². The summed E-state index contributed by atoms with van der Waals surface area (Å²) >= 11 is 1.58. The molecule has 0 bridgehead atoms. The monoisotopic (exact) mass is 268 g/mol. The molecule has 0 atom stereocenters. The number of thioether (sulfide) groups is 1. The summed E-state index contributed by atoms with van der Waals surface area (Å²) < 4.78 is 0. The highest BCUT2D eigenvalue weighted by Crippen LogP contribution is 2.08. The number of amides is 1. The number of aromatic carboxylic acids is 1. The summed E-state index contributed by atoms with van der Waals surface area (Å²) in [4.78, 5) is 25.8. The van der Waals surface area contributed by atoms with Crippen LogP contribution in [-0.2, 0) is 11.3 Å². The molecule has 1 heterocycles. The van der Waals surface area contributed by atoms with Crippen LogP contribution in [0.5, 0.6) is 0 Å². The molecule has 0 aliphatic rings. The van der Waals surface area contributed by atoms with Crippen LogP contribution in [0.4, 0.5) is 0 Å². The Morgan fingerprint density at radius 3 is 2.67 bits per heavy atom. The molecule has 0 radical (unpaired) electrons. The summed E-state index contributed by atoms with van der Waals surface area (Å²) in [7, 11) is 0. The zero-order valence-electron chi connectivity index (χ0n) is 10.3. The molecule has 1 aromatic rings. The Kier molecular flexibility index (Phi) is 5.64. The number of rotatable bonds is 6. The zero-order valence-corrected chi connectivity index (χ0v) is 11.2. The fraction of sp³-hybridized carbons (Fsp3) is 0.417. The van der Waals surface area contributed by atoms with Crippen molar-refractivity contribution in [2.75, 3.05) is 5.75 Å². The van der Waals surface area contributed by atoms with Crippen LogP contribution >= 0.6 is 11.8 Å². The fourth-order valence-electron chi connectivity index (χ4n) is 1.15. The van der Waals surface area contributed by atoms with Crippen LogP contribution in [0.25, 0.3) is 0 Å². The maximum atomic E-state index is 11.4. The first-order chi connectivity index (χ1) is 8.49. The molecule has 1 aromatic heterocycles. The van der Waals surface area contributed by atoms with E-state index < -0.39 is 5.97 Å². The third-order valence-corrected chi connectivity index (χ3v) is 3.18. The first-order valence-electron chi connectivity index (χ1n) is 5.55. The average Bonchev–Trinajstić information content (AvgIpc) is 2.34. The number of carboxylic acids is 1. The van der Waals surface area contributed by atoms with E-state index in [1.54, 1.807) is 17.8 Å². The predicted octanol–water partition coefficient (Wildman–Crippen LogP) is 1.54. The Labute approximate surface area is 110 Å². The summed E-state index contributed by atoms with van der Waals surface area (Å²) in [6.07, 6.45) is 1.46. The summed E-state index contributed by atoms with van der Waals surface area (Å²) in [5, 5.41) is 11.9. The average molecular weight is 268 g/mol. The lowest BCUT2D eigenvalue weighted by Crippen LogP contribution is -2.25. The van der Waals surface area contributed by atoms with Gasteiger partial charge < -0.3 is 10.4 Å². The van der Waals surface area contributed by atoms with Crippen molar-refractivity contribution in [1.29, 1.82) is 0 Å². The van der Waals surface area contributed by atoms with Crippen LogP contribution in [-0.4, -0.2) is 33.0 Å². The summed E-state index contributed by atoms with van der Waals surface area (Å²) in [5.74, 6) is -0.659. The van der Waals surface area contributed by atoms with Gasteiger partial charge in [0.1, 0.15) is 5.69 Å². The molecule has 0 aliphatic heterocycles. The van der Waals surface area contributed by atoms with Crippen LogP contribution < -0.4 is 5.32 Å². The lowest BCUT2D eigenvalue weighted by Gasteiger charge is -2.06. The SMILES string of the molecule is CC(C)SCC(=O)NCc1ccc(C(=O)O)nc1. The van der Waals surface area contributed by atoms with Crippen LogP contribution in [0.2, 0.25) is 0 Å². The van der Waals surface area contributed by atoms with Gasteiger partial charge in [-0.1, -0.05) is 19.9 Å². The predicted molar refractivity (Wildman–Crippen MR) is 70.6 cm³/mol. The van der Waals surface area contributed by atoms with E-state index in [1.165, 1.54) is 12.3 Å². The molecule has 0 saturated carbocycles. The number of hydrogen-bond donors (Lipinski definition) is 2. The van der Waals surface area contributed by atoms with Crippen molar-refractivity contribution in [3.63, 3.8) is 0 Å². The number of carbonyl (C=O) groups excluding carboxylic acids is 1. The Balaban J connectivity index is 2.39. The molecule has 0 spiro atoms. The maximum Gasteiger partial charge on any atom is 0.354 e. The quantitative estimate of drug-likeness (QED) is 0.818. The number of nitrogens with zero attached hydrogens (tertiary/aromatic N) is 1. The van der Waals surface area contributed by atoms with E-state index in [1.807, 2.05) is 13.8 Å². The Morgan fingerprint density at radius 1 is 1.44 bits per heavy atom. The molecule has 98 valence electrons. The van der Waals surface area contributed by atoms with E-state index in [0.29, 0.717) is 17.5 Å². The second-order valence-electron chi connectivity index (χ2n) is 3.99. The van der Waals surface area contributed by atoms with E-state index >= 15 is 0 Å². The highest BCUT2D eigenvalue weighted by molar-refractivity contribution is 8.00. The molecular weight excluding hydrogens is 252 g/mol. The van der Waals surface area contributed by atoms with Crippen molar-refractivity contribution in [3.05, 3.63) is 29.6 Å². The normalized spacial score (nSPS) is 10.4.